The third-order valence-electron chi connectivity index (χ3n) is 3.72. The summed E-state index contributed by atoms with van der Waals surface area (Å²) in [5.41, 5.74) is 1.77. The summed E-state index contributed by atoms with van der Waals surface area (Å²) < 4.78 is 27.7. The van der Waals surface area contributed by atoms with E-state index in [-0.39, 0.29) is 24.6 Å². The Kier molecular flexibility index (Phi) is 5.55. The minimum absolute atomic E-state index is 0.109. The SMILES string of the molecule is O=C(Cc1ccc(-n2cccn2)cc1)NCC(=O)Nc1ccc(F)c(F)c1. The second-order valence-corrected chi connectivity index (χ2v) is 5.75. The van der Waals surface area contributed by atoms with Crippen LogP contribution in [0, 0.1) is 11.6 Å². The van der Waals surface area contributed by atoms with Crippen molar-refractivity contribution in [1.29, 1.82) is 0 Å². The summed E-state index contributed by atoms with van der Waals surface area (Å²) in [7, 11) is 0. The molecule has 2 amide bonds. The number of hydrogen-bond donors (Lipinski definition) is 2. The van der Waals surface area contributed by atoms with Crippen molar-refractivity contribution < 1.29 is 18.4 Å². The van der Waals surface area contributed by atoms with Gasteiger partial charge in [0.1, 0.15) is 0 Å². The van der Waals surface area contributed by atoms with Gasteiger partial charge in [-0.3, -0.25) is 9.59 Å². The quantitative estimate of drug-likeness (QED) is 0.700. The number of halogens is 2. The Hall–Kier alpha value is -3.55. The average Bonchev–Trinajstić information content (AvgIpc) is 3.18. The van der Waals surface area contributed by atoms with E-state index in [0.29, 0.717) is 0 Å². The molecule has 0 saturated heterocycles. The standard InChI is InChI=1S/C19H16F2N4O2/c20-16-7-4-14(11-17(16)21)24-19(27)12-22-18(26)10-13-2-5-15(6-3-13)25-9-1-8-23-25/h1-9,11H,10,12H2,(H,22,26)(H,24,27). The van der Waals surface area contributed by atoms with E-state index in [1.807, 2.05) is 24.4 Å². The first-order chi connectivity index (χ1) is 13.0. The number of nitrogens with zero attached hydrogens (tertiary/aromatic N) is 2. The van der Waals surface area contributed by atoms with E-state index in [4.69, 9.17) is 0 Å². The van der Waals surface area contributed by atoms with Gasteiger partial charge in [0, 0.05) is 24.1 Å². The Morgan fingerprint density at radius 2 is 1.78 bits per heavy atom. The smallest absolute Gasteiger partial charge is 0.243 e. The van der Waals surface area contributed by atoms with E-state index < -0.39 is 17.5 Å². The van der Waals surface area contributed by atoms with Gasteiger partial charge in [0.05, 0.1) is 18.7 Å². The molecule has 0 aliphatic heterocycles. The summed E-state index contributed by atoms with van der Waals surface area (Å²) in [6, 6.07) is 12.1. The molecule has 0 saturated carbocycles. The van der Waals surface area contributed by atoms with Crippen molar-refractivity contribution in [1.82, 2.24) is 15.1 Å². The molecular formula is C19H16F2N4O2. The average molecular weight is 370 g/mol. The molecule has 1 aromatic heterocycles. The molecule has 2 N–H and O–H groups in total. The van der Waals surface area contributed by atoms with Crippen molar-refractivity contribution in [3.05, 3.63) is 78.1 Å². The van der Waals surface area contributed by atoms with Gasteiger partial charge in [-0.25, -0.2) is 13.5 Å². The molecule has 0 unspecified atom stereocenters. The fraction of sp³-hybridized carbons (Fsp3) is 0.105. The first-order valence-electron chi connectivity index (χ1n) is 8.12. The Morgan fingerprint density at radius 1 is 1.00 bits per heavy atom. The molecule has 3 rings (SSSR count). The molecule has 0 spiro atoms. The Morgan fingerprint density at radius 3 is 2.44 bits per heavy atom. The van der Waals surface area contributed by atoms with Gasteiger partial charge in [-0.15, -0.1) is 0 Å². The Balaban J connectivity index is 1.47. The molecule has 1 heterocycles. The summed E-state index contributed by atoms with van der Waals surface area (Å²) in [5.74, 6) is -2.93. The summed E-state index contributed by atoms with van der Waals surface area (Å²) in [6.45, 7) is -0.275. The monoisotopic (exact) mass is 370 g/mol. The predicted molar refractivity (Wildman–Crippen MR) is 95.3 cm³/mol. The van der Waals surface area contributed by atoms with Gasteiger partial charge in [-0.1, -0.05) is 12.1 Å². The fourth-order valence-corrected chi connectivity index (χ4v) is 2.39. The van der Waals surface area contributed by atoms with Crippen molar-refractivity contribution in [3.63, 3.8) is 0 Å². The molecule has 0 aliphatic carbocycles. The highest BCUT2D eigenvalue weighted by Gasteiger charge is 2.09. The minimum atomic E-state index is -1.06. The van der Waals surface area contributed by atoms with Gasteiger partial charge >= 0.3 is 0 Å². The summed E-state index contributed by atoms with van der Waals surface area (Å²) in [6.07, 6.45) is 3.60. The van der Waals surface area contributed by atoms with Gasteiger partial charge in [0.25, 0.3) is 0 Å². The summed E-state index contributed by atoms with van der Waals surface area (Å²) in [4.78, 5) is 23.8. The molecule has 0 atom stereocenters. The Labute approximate surface area is 153 Å². The van der Waals surface area contributed by atoms with E-state index in [1.54, 1.807) is 23.0 Å². The van der Waals surface area contributed by atoms with Gasteiger partial charge in [0.15, 0.2) is 11.6 Å². The lowest BCUT2D eigenvalue weighted by molar-refractivity contribution is -0.123. The first kappa shape index (κ1) is 18.2. The number of amides is 2. The molecule has 0 fully saturated rings. The van der Waals surface area contributed by atoms with Crippen molar-refractivity contribution in [2.75, 3.05) is 11.9 Å². The van der Waals surface area contributed by atoms with Crippen LogP contribution in [0.5, 0.6) is 0 Å². The molecule has 2 aromatic carbocycles. The zero-order chi connectivity index (χ0) is 19.2. The molecule has 0 aliphatic rings. The number of anilines is 1. The number of carbonyl (C=O) groups is 2. The van der Waals surface area contributed by atoms with Crippen LogP contribution in [0.15, 0.2) is 60.9 Å². The Bertz CT molecular complexity index is 941. The highest BCUT2D eigenvalue weighted by Crippen LogP contribution is 2.13. The van der Waals surface area contributed by atoms with Crippen LogP contribution in [0.3, 0.4) is 0 Å². The fourth-order valence-electron chi connectivity index (χ4n) is 2.39. The lowest BCUT2D eigenvalue weighted by Gasteiger charge is -2.08. The van der Waals surface area contributed by atoms with Gasteiger partial charge < -0.3 is 10.6 Å². The maximum absolute atomic E-state index is 13.1. The lowest BCUT2D eigenvalue weighted by atomic mass is 10.1. The predicted octanol–water partition coefficient (Wildman–Crippen LogP) is 2.45. The van der Waals surface area contributed by atoms with Gasteiger partial charge in [-0.2, -0.15) is 5.10 Å². The molecule has 138 valence electrons. The first-order valence-corrected chi connectivity index (χ1v) is 8.12. The van der Waals surface area contributed by atoms with Crippen molar-refractivity contribution in [2.24, 2.45) is 0 Å². The minimum Gasteiger partial charge on any atom is -0.347 e. The van der Waals surface area contributed by atoms with Gasteiger partial charge in [0.2, 0.25) is 11.8 Å². The van der Waals surface area contributed by atoms with Gasteiger partial charge in [-0.05, 0) is 35.9 Å². The molecular weight excluding hydrogens is 354 g/mol. The van der Waals surface area contributed by atoms with E-state index in [0.717, 1.165) is 23.4 Å². The maximum Gasteiger partial charge on any atom is 0.243 e. The zero-order valence-corrected chi connectivity index (χ0v) is 14.2. The second kappa shape index (κ2) is 8.22. The van der Waals surface area contributed by atoms with Crippen LogP contribution < -0.4 is 10.6 Å². The van der Waals surface area contributed by atoms with Crippen LogP contribution in [0.4, 0.5) is 14.5 Å². The van der Waals surface area contributed by atoms with Crippen LogP contribution >= 0.6 is 0 Å². The number of rotatable bonds is 6. The van der Waals surface area contributed by atoms with Crippen LogP contribution in [0.1, 0.15) is 5.56 Å². The molecule has 8 heteroatoms. The number of hydrogen-bond acceptors (Lipinski definition) is 3. The topological polar surface area (TPSA) is 76.0 Å². The summed E-state index contributed by atoms with van der Waals surface area (Å²) >= 11 is 0. The number of nitrogens with one attached hydrogen (secondary N) is 2. The van der Waals surface area contributed by atoms with Crippen LogP contribution in [-0.2, 0) is 16.0 Å². The molecule has 6 nitrogen and oxygen atoms in total. The van der Waals surface area contributed by atoms with Crippen molar-refractivity contribution >= 4 is 17.5 Å². The highest BCUT2D eigenvalue weighted by atomic mass is 19.2. The summed E-state index contributed by atoms with van der Waals surface area (Å²) in [5, 5.41) is 8.98. The van der Waals surface area contributed by atoms with Crippen molar-refractivity contribution in [3.8, 4) is 5.69 Å². The number of aromatic nitrogens is 2. The van der Waals surface area contributed by atoms with E-state index in [1.165, 1.54) is 6.07 Å². The lowest BCUT2D eigenvalue weighted by Crippen LogP contribution is -2.33. The third kappa shape index (κ3) is 4.97. The normalized spacial score (nSPS) is 10.4. The largest absolute Gasteiger partial charge is 0.347 e. The van der Waals surface area contributed by atoms with Crippen LogP contribution in [-0.4, -0.2) is 28.1 Å². The van der Waals surface area contributed by atoms with E-state index in [9.17, 15) is 18.4 Å². The molecule has 0 radical (unpaired) electrons. The zero-order valence-electron chi connectivity index (χ0n) is 14.2. The van der Waals surface area contributed by atoms with Crippen LogP contribution in [0.25, 0.3) is 5.69 Å². The number of benzene rings is 2. The molecule has 3 aromatic rings. The number of carbonyl (C=O) groups excluding carboxylic acids is 2. The molecule has 0 bridgehead atoms. The highest BCUT2D eigenvalue weighted by molar-refractivity contribution is 5.94. The van der Waals surface area contributed by atoms with E-state index in [2.05, 4.69) is 15.7 Å². The van der Waals surface area contributed by atoms with E-state index >= 15 is 0 Å². The van der Waals surface area contributed by atoms with Crippen LogP contribution in [0.2, 0.25) is 0 Å². The maximum atomic E-state index is 13.1. The third-order valence-corrected chi connectivity index (χ3v) is 3.72. The molecule has 27 heavy (non-hydrogen) atoms. The van der Waals surface area contributed by atoms with Crippen molar-refractivity contribution in [2.45, 2.75) is 6.42 Å². The second-order valence-electron chi connectivity index (χ2n) is 5.75.